The lowest BCUT2D eigenvalue weighted by atomic mass is 9.78. The minimum absolute atomic E-state index is 0.0392. The molecule has 28 heavy (non-hydrogen) atoms. The maximum atomic E-state index is 13.2. The van der Waals surface area contributed by atoms with E-state index in [2.05, 4.69) is 9.72 Å². The van der Waals surface area contributed by atoms with E-state index in [-0.39, 0.29) is 11.7 Å². The fourth-order valence-electron chi connectivity index (χ4n) is 3.86. The summed E-state index contributed by atoms with van der Waals surface area (Å²) >= 11 is 0. The molecule has 5 nitrogen and oxygen atoms in total. The molecule has 152 valence electrons. The van der Waals surface area contributed by atoms with Gasteiger partial charge in [0, 0.05) is 12.5 Å². The molecule has 0 saturated heterocycles. The van der Waals surface area contributed by atoms with Crippen molar-refractivity contribution in [3.05, 3.63) is 18.2 Å². The quantitative estimate of drug-likeness (QED) is 0.689. The number of amides is 1. The van der Waals surface area contributed by atoms with Gasteiger partial charge < -0.3 is 4.74 Å². The van der Waals surface area contributed by atoms with E-state index >= 15 is 0 Å². The van der Waals surface area contributed by atoms with E-state index in [4.69, 9.17) is 0 Å². The predicted molar refractivity (Wildman–Crippen MR) is 90.1 cm³/mol. The minimum atomic E-state index is -4.51. The number of hydrogen-bond donors (Lipinski definition) is 0. The van der Waals surface area contributed by atoms with Crippen LogP contribution in [0.4, 0.5) is 27.9 Å². The van der Waals surface area contributed by atoms with Gasteiger partial charge in [0.25, 0.3) is 0 Å². The summed E-state index contributed by atoms with van der Waals surface area (Å²) in [5.41, 5.74) is -1.95. The van der Waals surface area contributed by atoms with E-state index in [1.54, 1.807) is 4.57 Å². The van der Waals surface area contributed by atoms with Gasteiger partial charge >= 0.3 is 12.8 Å². The van der Waals surface area contributed by atoms with Gasteiger partial charge in [0.15, 0.2) is 0 Å². The van der Waals surface area contributed by atoms with Gasteiger partial charge in [0.05, 0.1) is 16.4 Å². The van der Waals surface area contributed by atoms with E-state index in [9.17, 15) is 26.7 Å². The van der Waals surface area contributed by atoms with Crippen molar-refractivity contribution in [1.29, 1.82) is 0 Å². The Balaban J connectivity index is 1.71. The third-order valence-electron chi connectivity index (χ3n) is 5.63. The summed E-state index contributed by atoms with van der Waals surface area (Å²) in [6.07, 6.45) is -3.25. The molecular formula is C18H18F5N3O2. The van der Waals surface area contributed by atoms with E-state index in [0.29, 0.717) is 23.9 Å². The molecule has 2 heterocycles. The van der Waals surface area contributed by atoms with Crippen molar-refractivity contribution in [3.8, 4) is 5.75 Å². The third kappa shape index (κ3) is 2.56. The second-order valence-electron chi connectivity index (χ2n) is 7.90. The first kappa shape index (κ1) is 18.9. The van der Waals surface area contributed by atoms with Crippen molar-refractivity contribution in [2.24, 2.45) is 5.41 Å². The SMILES string of the molecule is CC(C)(CC(=O)N1c2nc3ccc(OC(F)F)cc3n2C12CCC2)C(F)(F)F. The van der Waals surface area contributed by atoms with Crippen molar-refractivity contribution >= 4 is 22.9 Å². The van der Waals surface area contributed by atoms with E-state index in [0.717, 1.165) is 20.3 Å². The van der Waals surface area contributed by atoms with Crippen LogP contribution in [0.5, 0.6) is 5.75 Å². The first-order chi connectivity index (χ1) is 13.0. The highest BCUT2D eigenvalue weighted by Crippen LogP contribution is 2.56. The average Bonchev–Trinajstić information content (AvgIpc) is 2.78. The summed E-state index contributed by atoms with van der Waals surface area (Å²) in [4.78, 5) is 18.5. The fourth-order valence-corrected chi connectivity index (χ4v) is 3.86. The molecule has 1 aromatic heterocycles. The topological polar surface area (TPSA) is 47.4 Å². The van der Waals surface area contributed by atoms with Crippen LogP contribution in [0.25, 0.3) is 11.0 Å². The summed E-state index contributed by atoms with van der Waals surface area (Å²) in [7, 11) is 0. The molecule has 1 amide bonds. The van der Waals surface area contributed by atoms with Crippen LogP contribution in [-0.2, 0) is 10.5 Å². The first-order valence-electron chi connectivity index (χ1n) is 8.84. The second kappa shape index (κ2) is 5.81. The molecule has 1 fully saturated rings. The molecule has 0 radical (unpaired) electrons. The molecule has 10 heteroatoms. The molecule has 1 aromatic carbocycles. The van der Waals surface area contributed by atoms with Gasteiger partial charge in [-0.3, -0.25) is 14.3 Å². The van der Waals surface area contributed by atoms with Crippen molar-refractivity contribution in [2.75, 3.05) is 4.90 Å². The zero-order chi connectivity index (χ0) is 20.5. The largest absolute Gasteiger partial charge is 0.435 e. The van der Waals surface area contributed by atoms with Crippen molar-refractivity contribution in [2.45, 2.75) is 58.0 Å². The van der Waals surface area contributed by atoms with Gasteiger partial charge in [-0.15, -0.1) is 0 Å². The van der Waals surface area contributed by atoms with Crippen LogP contribution in [-0.4, -0.2) is 28.2 Å². The molecule has 0 N–H and O–H groups in total. The number of imidazole rings is 1. The normalized spacial score (nSPS) is 18.2. The number of alkyl halides is 5. The Kier molecular flexibility index (Phi) is 3.93. The Bertz CT molecular complexity index is 947. The molecule has 2 aromatic rings. The Morgan fingerprint density at radius 1 is 1.29 bits per heavy atom. The van der Waals surface area contributed by atoms with Gasteiger partial charge in [0.1, 0.15) is 11.4 Å². The molecule has 2 aliphatic rings. The molecule has 1 saturated carbocycles. The van der Waals surface area contributed by atoms with Gasteiger partial charge in [-0.05, 0) is 31.4 Å². The Morgan fingerprint density at radius 2 is 1.96 bits per heavy atom. The smallest absolute Gasteiger partial charge is 0.394 e. The number of carbonyl (C=O) groups excluding carboxylic acids is 1. The highest BCUT2D eigenvalue weighted by atomic mass is 19.4. The number of ether oxygens (including phenoxy) is 1. The second-order valence-corrected chi connectivity index (χ2v) is 7.90. The van der Waals surface area contributed by atoms with Gasteiger partial charge in [-0.1, -0.05) is 13.8 Å². The lowest BCUT2D eigenvalue weighted by molar-refractivity contribution is -0.214. The van der Waals surface area contributed by atoms with Crippen LogP contribution in [0.3, 0.4) is 0 Å². The molecule has 1 aliphatic heterocycles. The highest BCUT2D eigenvalue weighted by Gasteiger charge is 2.59. The number of aromatic nitrogens is 2. The van der Waals surface area contributed by atoms with Crippen LogP contribution in [0, 0.1) is 5.41 Å². The van der Waals surface area contributed by atoms with E-state index in [1.807, 2.05) is 0 Å². The summed E-state index contributed by atoms with van der Waals surface area (Å²) in [6.45, 7) is -0.985. The first-order valence-corrected chi connectivity index (χ1v) is 8.84. The molecule has 4 rings (SSSR count). The lowest BCUT2D eigenvalue weighted by Gasteiger charge is -2.58. The summed E-state index contributed by atoms with van der Waals surface area (Å²) < 4.78 is 70.8. The van der Waals surface area contributed by atoms with Crippen molar-refractivity contribution in [1.82, 2.24) is 9.55 Å². The van der Waals surface area contributed by atoms with Crippen LogP contribution in [0.15, 0.2) is 18.2 Å². The Hall–Kier alpha value is -2.39. The van der Waals surface area contributed by atoms with E-state index in [1.165, 1.54) is 23.1 Å². The van der Waals surface area contributed by atoms with E-state index < -0.39 is 36.2 Å². The number of fused-ring (bicyclic) bond motifs is 4. The number of benzene rings is 1. The zero-order valence-electron chi connectivity index (χ0n) is 15.2. The van der Waals surface area contributed by atoms with Crippen LogP contribution >= 0.6 is 0 Å². The van der Waals surface area contributed by atoms with Gasteiger partial charge in [0.2, 0.25) is 11.9 Å². The molecular weight excluding hydrogens is 385 g/mol. The van der Waals surface area contributed by atoms with Gasteiger partial charge in [-0.2, -0.15) is 22.0 Å². The summed E-state index contributed by atoms with van der Waals surface area (Å²) in [5.74, 6) is -0.441. The molecule has 1 spiro atoms. The lowest BCUT2D eigenvalue weighted by Crippen LogP contribution is -2.66. The summed E-state index contributed by atoms with van der Waals surface area (Å²) in [5, 5.41) is 0. The predicted octanol–water partition coefficient (Wildman–Crippen LogP) is 4.80. The maximum absolute atomic E-state index is 13.2. The van der Waals surface area contributed by atoms with Crippen molar-refractivity contribution < 1.29 is 31.5 Å². The molecule has 1 aliphatic carbocycles. The number of hydrogen-bond acceptors (Lipinski definition) is 3. The molecule has 0 unspecified atom stereocenters. The maximum Gasteiger partial charge on any atom is 0.394 e. The summed E-state index contributed by atoms with van der Waals surface area (Å²) in [6, 6.07) is 4.25. The third-order valence-corrected chi connectivity index (χ3v) is 5.63. The zero-order valence-corrected chi connectivity index (χ0v) is 15.2. The Labute approximate surface area is 157 Å². The number of anilines is 1. The molecule has 0 atom stereocenters. The van der Waals surface area contributed by atoms with Crippen LogP contribution in [0.1, 0.15) is 39.5 Å². The number of halogens is 5. The van der Waals surface area contributed by atoms with Crippen LogP contribution < -0.4 is 9.64 Å². The average molecular weight is 403 g/mol. The van der Waals surface area contributed by atoms with Crippen LogP contribution in [0.2, 0.25) is 0 Å². The highest BCUT2D eigenvalue weighted by molar-refractivity contribution is 5.99. The van der Waals surface area contributed by atoms with Gasteiger partial charge in [-0.25, -0.2) is 4.98 Å². The minimum Gasteiger partial charge on any atom is -0.435 e. The number of carbonyl (C=O) groups is 1. The fraction of sp³-hybridized carbons (Fsp3) is 0.556. The number of nitrogens with zero attached hydrogens (tertiary/aromatic N) is 3. The standard InChI is InChI=1S/C18H18F5N3O2/c1-16(2,18(21,22)23)9-13(27)26-15-24-11-5-4-10(28-14(19)20)8-12(11)25(15)17(26)6-3-7-17/h4-5,8,14H,3,6-7,9H2,1-2H3. The Morgan fingerprint density at radius 3 is 2.50 bits per heavy atom. The van der Waals surface area contributed by atoms with Crippen molar-refractivity contribution in [3.63, 3.8) is 0 Å². The molecule has 0 bridgehead atoms. The monoisotopic (exact) mass is 403 g/mol. The number of rotatable bonds is 4.